The molecule has 88 valence electrons. The number of aromatic carboxylic acids is 1. The van der Waals surface area contributed by atoms with Gasteiger partial charge in [0.15, 0.2) is 0 Å². The van der Waals surface area contributed by atoms with Crippen LogP contribution in [0.1, 0.15) is 15.9 Å². The quantitative estimate of drug-likeness (QED) is 0.902. The summed E-state index contributed by atoms with van der Waals surface area (Å²) >= 11 is 1.65. The second-order valence-electron chi connectivity index (χ2n) is 3.82. The van der Waals surface area contributed by atoms with Crippen molar-refractivity contribution < 1.29 is 9.90 Å². The normalized spacial score (nSPS) is 10.2. The second-order valence-corrected chi connectivity index (χ2v) is 4.72. The highest BCUT2D eigenvalue weighted by Gasteiger charge is 2.10. The highest BCUT2D eigenvalue weighted by atomic mass is 32.1. The largest absolute Gasteiger partial charge is 0.478 e. The molecule has 0 bridgehead atoms. The Morgan fingerprint density at radius 3 is 2.71 bits per heavy atom. The first kappa shape index (κ1) is 11.7. The van der Waals surface area contributed by atoms with Crippen molar-refractivity contribution >= 4 is 28.0 Å². The molecular weight excluding hydrogens is 234 g/mol. The lowest BCUT2D eigenvalue weighted by Crippen LogP contribution is -2.09. The summed E-state index contributed by atoms with van der Waals surface area (Å²) in [6.45, 7) is 2.05. The van der Waals surface area contributed by atoms with Gasteiger partial charge in [0, 0.05) is 12.7 Å². The summed E-state index contributed by atoms with van der Waals surface area (Å²) in [6.07, 6.45) is 0. The fourth-order valence-electron chi connectivity index (χ4n) is 1.67. The van der Waals surface area contributed by atoms with E-state index in [1.165, 1.54) is 5.56 Å². The summed E-state index contributed by atoms with van der Waals surface area (Å²) in [5.41, 5.74) is 2.39. The molecule has 1 aromatic heterocycles. The minimum Gasteiger partial charge on any atom is -0.478 e. The molecule has 2 rings (SSSR count). The maximum Gasteiger partial charge on any atom is 0.335 e. The standard InChI is InChI=1S/C13H13NO2S/c1-9-6-7-17-12(9)14(2)11-5-3-4-10(8-11)13(15)16/h3-8H,1-2H3,(H,15,16). The molecule has 0 unspecified atom stereocenters. The van der Waals surface area contributed by atoms with E-state index >= 15 is 0 Å². The fourth-order valence-corrected chi connectivity index (χ4v) is 2.59. The molecule has 17 heavy (non-hydrogen) atoms. The van der Waals surface area contributed by atoms with Gasteiger partial charge in [0.1, 0.15) is 0 Å². The van der Waals surface area contributed by atoms with Gasteiger partial charge in [-0.3, -0.25) is 0 Å². The number of rotatable bonds is 3. The molecule has 0 atom stereocenters. The van der Waals surface area contributed by atoms with Gasteiger partial charge in [-0.05, 0) is 42.1 Å². The molecule has 0 fully saturated rings. The Labute approximate surface area is 104 Å². The number of carboxylic acids is 1. The maximum absolute atomic E-state index is 10.9. The van der Waals surface area contributed by atoms with E-state index in [0.717, 1.165) is 10.7 Å². The minimum atomic E-state index is -0.900. The molecule has 1 heterocycles. The van der Waals surface area contributed by atoms with Crippen molar-refractivity contribution in [1.82, 2.24) is 0 Å². The Balaban J connectivity index is 2.37. The van der Waals surface area contributed by atoms with Crippen LogP contribution in [0.5, 0.6) is 0 Å². The van der Waals surface area contributed by atoms with E-state index in [-0.39, 0.29) is 0 Å². The number of thiophene rings is 1. The highest BCUT2D eigenvalue weighted by molar-refractivity contribution is 7.14. The first-order valence-electron chi connectivity index (χ1n) is 5.21. The fraction of sp³-hybridized carbons (Fsp3) is 0.154. The number of aryl methyl sites for hydroxylation is 1. The molecule has 4 heteroatoms. The third-order valence-electron chi connectivity index (χ3n) is 2.62. The number of carbonyl (C=O) groups is 1. The van der Waals surface area contributed by atoms with Crippen LogP contribution in [0, 0.1) is 6.92 Å². The molecule has 0 aliphatic heterocycles. The van der Waals surface area contributed by atoms with E-state index in [0.29, 0.717) is 5.56 Å². The van der Waals surface area contributed by atoms with Crippen LogP contribution in [0.15, 0.2) is 35.7 Å². The van der Waals surface area contributed by atoms with Gasteiger partial charge in [0.2, 0.25) is 0 Å². The number of carboxylic acid groups (broad SMARTS) is 1. The van der Waals surface area contributed by atoms with Gasteiger partial charge in [-0.1, -0.05) is 6.07 Å². The molecule has 0 radical (unpaired) electrons. The van der Waals surface area contributed by atoms with E-state index in [2.05, 4.69) is 6.07 Å². The molecule has 1 aromatic carbocycles. The van der Waals surface area contributed by atoms with Crippen LogP contribution in [0.2, 0.25) is 0 Å². The predicted octanol–water partition coefficient (Wildman–Crippen LogP) is 3.52. The topological polar surface area (TPSA) is 40.5 Å². The van der Waals surface area contributed by atoms with E-state index in [1.54, 1.807) is 29.5 Å². The Morgan fingerprint density at radius 2 is 2.12 bits per heavy atom. The summed E-state index contributed by atoms with van der Waals surface area (Å²) < 4.78 is 0. The van der Waals surface area contributed by atoms with Crippen LogP contribution in [-0.4, -0.2) is 18.1 Å². The van der Waals surface area contributed by atoms with Crippen molar-refractivity contribution in [2.45, 2.75) is 6.92 Å². The monoisotopic (exact) mass is 247 g/mol. The maximum atomic E-state index is 10.9. The Hall–Kier alpha value is -1.81. The Bertz CT molecular complexity index is 548. The van der Waals surface area contributed by atoms with Crippen LogP contribution in [0.25, 0.3) is 0 Å². The molecule has 0 saturated heterocycles. The first-order chi connectivity index (χ1) is 8.09. The number of benzene rings is 1. The first-order valence-corrected chi connectivity index (χ1v) is 6.09. The van der Waals surface area contributed by atoms with E-state index in [4.69, 9.17) is 5.11 Å². The summed E-state index contributed by atoms with van der Waals surface area (Å²) in [4.78, 5) is 12.9. The van der Waals surface area contributed by atoms with Crippen molar-refractivity contribution in [3.05, 3.63) is 46.8 Å². The second kappa shape index (κ2) is 4.59. The number of hydrogen-bond donors (Lipinski definition) is 1. The average Bonchev–Trinajstić information content (AvgIpc) is 2.74. The molecule has 0 amide bonds. The van der Waals surface area contributed by atoms with Crippen molar-refractivity contribution in [2.75, 3.05) is 11.9 Å². The lowest BCUT2D eigenvalue weighted by atomic mass is 10.2. The van der Waals surface area contributed by atoms with Crippen molar-refractivity contribution in [2.24, 2.45) is 0 Å². The summed E-state index contributed by atoms with van der Waals surface area (Å²) in [7, 11) is 1.94. The summed E-state index contributed by atoms with van der Waals surface area (Å²) in [5, 5.41) is 12.1. The van der Waals surface area contributed by atoms with Crippen LogP contribution < -0.4 is 4.90 Å². The van der Waals surface area contributed by atoms with Crippen LogP contribution in [0.4, 0.5) is 10.7 Å². The third kappa shape index (κ3) is 2.31. The zero-order valence-electron chi connectivity index (χ0n) is 9.68. The van der Waals surface area contributed by atoms with Crippen LogP contribution in [0.3, 0.4) is 0 Å². The molecule has 0 saturated carbocycles. The molecular formula is C13H13NO2S. The van der Waals surface area contributed by atoms with Gasteiger partial charge in [-0.2, -0.15) is 0 Å². The van der Waals surface area contributed by atoms with Crippen molar-refractivity contribution in [1.29, 1.82) is 0 Å². The summed E-state index contributed by atoms with van der Waals surface area (Å²) in [5.74, 6) is -0.900. The lowest BCUT2D eigenvalue weighted by Gasteiger charge is -2.18. The third-order valence-corrected chi connectivity index (χ3v) is 3.71. The number of hydrogen-bond acceptors (Lipinski definition) is 3. The number of anilines is 2. The van der Waals surface area contributed by atoms with Crippen molar-refractivity contribution in [3.63, 3.8) is 0 Å². The molecule has 0 aliphatic rings. The highest BCUT2D eigenvalue weighted by Crippen LogP contribution is 2.31. The molecule has 0 spiro atoms. The average molecular weight is 247 g/mol. The Kier molecular flexibility index (Phi) is 3.15. The zero-order chi connectivity index (χ0) is 12.4. The molecule has 3 nitrogen and oxygen atoms in total. The van der Waals surface area contributed by atoms with Gasteiger partial charge in [0.05, 0.1) is 10.6 Å². The SMILES string of the molecule is Cc1ccsc1N(C)c1cccc(C(=O)O)c1. The molecule has 1 N–H and O–H groups in total. The van der Waals surface area contributed by atoms with E-state index in [9.17, 15) is 4.79 Å². The van der Waals surface area contributed by atoms with Gasteiger partial charge in [-0.25, -0.2) is 4.79 Å². The predicted molar refractivity (Wildman–Crippen MR) is 70.5 cm³/mol. The van der Waals surface area contributed by atoms with Gasteiger partial charge in [0.25, 0.3) is 0 Å². The van der Waals surface area contributed by atoms with E-state index in [1.807, 2.05) is 30.3 Å². The molecule has 0 aliphatic carbocycles. The van der Waals surface area contributed by atoms with Gasteiger partial charge < -0.3 is 10.0 Å². The lowest BCUT2D eigenvalue weighted by molar-refractivity contribution is 0.0697. The zero-order valence-corrected chi connectivity index (χ0v) is 10.5. The minimum absolute atomic E-state index is 0.309. The summed E-state index contributed by atoms with van der Waals surface area (Å²) in [6, 6.07) is 9.00. The Morgan fingerprint density at radius 1 is 1.35 bits per heavy atom. The number of nitrogens with zero attached hydrogens (tertiary/aromatic N) is 1. The smallest absolute Gasteiger partial charge is 0.335 e. The van der Waals surface area contributed by atoms with Crippen LogP contribution in [-0.2, 0) is 0 Å². The van der Waals surface area contributed by atoms with Gasteiger partial charge >= 0.3 is 5.97 Å². The van der Waals surface area contributed by atoms with Gasteiger partial charge in [-0.15, -0.1) is 11.3 Å². The van der Waals surface area contributed by atoms with Crippen molar-refractivity contribution in [3.8, 4) is 0 Å². The van der Waals surface area contributed by atoms with Crippen LogP contribution >= 0.6 is 11.3 Å². The van der Waals surface area contributed by atoms with E-state index < -0.39 is 5.97 Å². The molecule has 2 aromatic rings.